The third kappa shape index (κ3) is 7.31. The molecule has 0 fully saturated rings. The van der Waals surface area contributed by atoms with E-state index in [0.29, 0.717) is 26.2 Å². The van der Waals surface area contributed by atoms with Crippen molar-refractivity contribution < 1.29 is 0 Å². The first-order chi connectivity index (χ1) is 10.7. The van der Waals surface area contributed by atoms with Gasteiger partial charge in [-0.3, -0.25) is 9.80 Å². The highest BCUT2D eigenvalue weighted by atomic mass is 15.1. The van der Waals surface area contributed by atoms with Crippen LogP contribution in [0.15, 0.2) is 24.3 Å². The van der Waals surface area contributed by atoms with E-state index in [9.17, 15) is 0 Å². The van der Waals surface area contributed by atoms with E-state index in [1.807, 2.05) is 0 Å². The molecule has 6 nitrogen and oxygen atoms in total. The number of hydrogen-bond donors (Lipinski definition) is 4. The van der Waals surface area contributed by atoms with Crippen molar-refractivity contribution in [3.8, 4) is 0 Å². The van der Waals surface area contributed by atoms with Crippen LogP contribution in [-0.2, 0) is 13.1 Å². The lowest BCUT2D eigenvalue weighted by atomic mass is 10.1. The van der Waals surface area contributed by atoms with Crippen molar-refractivity contribution in [1.29, 1.82) is 0 Å². The number of benzene rings is 1. The molecule has 0 atom stereocenters. The smallest absolute Gasteiger partial charge is 0.0234 e. The van der Waals surface area contributed by atoms with Gasteiger partial charge < -0.3 is 22.9 Å². The summed E-state index contributed by atoms with van der Waals surface area (Å²) < 4.78 is 0. The third-order valence-electron chi connectivity index (χ3n) is 3.59. The Bertz CT molecular complexity index is 353. The quantitative estimate of drug-likeness (QED) is 0.399. The molecule has 1 aromatic carbocycles. The van der Waals surface area contributed by atoms with Crippen LogP contribution in [0.1, 0.15) is 11.1 Å². The second kappa shape index (κ2) is 11.5. The Hall–Kier alpha value is -1.02. The molecule has 0 radical (unpaired) electrons. The van der Waals surface area contributed by atoms with E-state index < -0.39 is 0 Å². The van der Waals surface area contributed by atoms with E-state index in [2.05, 4.69) is 34.1 Å². The molecule has 0 unspecified atom stereocenters. The van der Waals surface area contributed by atoms with Crippen molar-refractivity contribution in [2.24, 2.45) is 22.9 Å². The van der Waals surface area contributed by atoms with Crippen LogP contribution in [0.5, 0.6) is 0 Å². The summed E-state index contributed by atoms with van der Waals surface area (Å²) >= 11 is 0. The molecule has 8 N–H and O–H groups in total. The first-order valence-electron chi connectivity index (χ1n) is 8.06. The van der Waals surface area contributed by atoms with Crippen molar-refractivity contribution >= 4 is 0 Å². The molecule has 0 heterocycles. The molecule has 22 heavy (non-hydrogen) atoms. The Balaban J connectivity index is 2.67. The van der Waals surface area contributed by atoms with E-state index in [0.717, 1.165) is 39.3 Å². The Morgan fingerprint density at radius 1 is 0.636 bits per heavy atom. The fourth-order valence-electron chi connectivity index (χ4n) is 2.61. The van der Waals surface area contributed by atoms with E-state index in [1.165, 1.54) is 11.1 Å². The molecular weight excluding hydrogens is 276 g/mol. The molecule has 0 saturated carbocycles. The van der Waals surface area contributed by atoms with Crippen molar-refractivity contribution in [3.63, 3.8) is 0 Å². The van der Waals surface area contributed by atoms with Crippen LogP contribution < -0.4 is 22.9 Å². The highest BCUT2D eigenvalue weighted by Crippen LogP contribution is 2.10. The van der Waals surface area contributed by atoms with E-state index in [4.69, 9.17) is 22.9 Å². The maximum Gasteiger partial charge on any atom is 0.0234 e. The Morgan fingerprint density at radius 3 is 1.32 bits per heavy atom. The molecule has 0 saturated heterocycles. The zero-order valence-electron chi connectivity index (χ0n) is 13.6. The van der Waals surface area contributed by atoms with Crippen molar-refractivity contribution in [1.82, 2.24) is 9.80 Å². The van der Waals surface area contributed by atoms with Gasteiger partial charge >= 0.3 is 0 Å². The molecule has 0 bridgehead atoms. The molecule has 0 spiro atoms. The van der Waals surface area contributed by atoms with E-state index in [-0.39, 0.29) is 0 Å². The monoisotopic (exact) mass is 308 g/mol. The molecule has 126 valence electrons. The van der Waals surface area contributed by atoms with Crippen LogP contribution in [0.4, 0.5) is 0 Å². The standard InChI is InChI=1S/C16H32N6/c17-4-8-21(9-5-18)13-15-2-1-3-16(12-15)14-22(10-6-19)11-7-20/h1-3,12H,4-11,13-14,17-20H2. The molecule has 1 rings (SSSR count). The number of nitrogens with zero attached hydrogens (tertiary/aromatic N) is 2. The molecule has 6 heteroatoms. The van der Waals surface area contributed by atoms with Crippen LogP contribution in [0.2, 0.25) is 0 Å². The summed E-state index contributed by atoms with van der Waals surface area (Å²) in [6.07, 6.45) is 0. The van der Waals surface area contributed by atoms with E-state index in [1.54, 1.807) is 0 Å². The van der Waals surface area contributed by atoms with Gasteiger partial charge in [-0.25, -0.2) is 0 Å². The Kier molecular flexibility index (Phi) is 9.98. The summed E-state index contributed by atoms with van der Waals surface area (Å²) in [4.78, 5) is 4.58. The molecule has 0 aromatic heterocycles. The van der Waals surface area contributed by atoms with Crippen LogP contribution in [0, 0.1) is 0 Å². The molecule has 0 aliphatic heterocycles. The number of nitrogens with two attached hydrogens (primary N) is 4. The molecule has 0 aliphatic rings. The Morgan fingerprint density at radius 2 is 1.00 bits per heavy atom. The van der Waals surface area contributed by atoms with Crippen molar-refractivity contribution in [3.05, 3.63) is 35.4 Å². The lowest BCUT2D eigenvalue weighted by Gasteiger charge is -2.23. The maximum absolute atomic E-state index is 5.66. The summed E-state index contributed by atoms with van der Waals surface area (Å²) in [5, 5.41) is 0. The first kappa shape index (κ1) is 19.0. The number of hydrogen-bond acceptors (Lipinski definition) is 6. The summed E-state index contributed by atoms with van der Waals surface area (Å²) in [6.45, 7) is 7.86. The normalized spacial score (nSPS) is 11.5. The molecular formula is C16H32N6. The Labute approximate surface area is 134 Å². The highest BCUT2D eigenvalue weighted by molar-refractivity contribution is 5.23. The predicted octanol–water partition coefficient (Wildman–Crippen LogP) is -0.875. The average Bonchev–Trinajstić information content (AvgIpc) is 2.49. The first-order valence-corrected chi connectivity index (χ1v) is 8.06. The van der Waals surface area contributed by atoms with Crippen LogP contribution in [0.3, 0.4) is 0 Å². The van der Waals surface area contributed by atoms with Crippen LogP contribution in [-0.4, -0.2) is 62.2 Å². The number of rotatable bonds is 12. The van der Waals surface area contributed by atoms with Gasteiger partial charge in [-0.15, -0.1) is 0 Å². The average molecular weight is 308 g/mol. The fraction of sp³-hybridized carbons (Fsp3) is 0.625. The molecule has 0 amide bonds. The van der Waals surface area contributed by atoms with Gasteiger partial charge in [0.2, 0.25) is 0 Å². The minimum absolute atomic E-state index is 0.653. The summed E-state index contributed by atoms with van der Waals surface area (Å²) in [5.74, 6) is 0. The van der Waals surface area contributed by atoms with Gasteiger partial charge in [-0.2, -0.15) is 0 Å². The second-order valence-corrected chi connectivity index (χ2v) is 5.53. The fourth-order valence-corrected chi connectivity index (χ4v) is 2.61. The predicted molar refractivity (Wildman–Crippen MR) is 93.2 cm³/mol. The minimum Gasteiger partial charge on any atom is -0.329 e. The zero-order chi connectivity index (χ0) is 16.2. The van der Waals surface area contributed by atoms with Gasteiger partial charge in [-0.05, 0) is 11.1 Å². The van der Waals surface area contributed by atoms with Gasteiger partial charge in [0.05, 0.1) is 0 Å². The zero-order valence-corrected chi connectivity index (χ0v) is 13.6. The largest absolute Gasteiger partial charge is 0.329 e. The lowest BCUT2D eigenvalue weighted by Crippen LogP contribution is -2.34. The van der Waals surface area contributed by atoms with Gasteiger partial charge in [0.25, 0.3) is 0 Å². The van der Waals surface area contributed by atoms with Crippen molar-refractivity contribution in [2.75, 3.05) is 52.4 Å². The van der Waals surface area contributed by atoms with Gasteiger partial charge in [0.1, 0.15) is 0 Å². The van der Waals surface area contributed by atoms with Crippen LogP contribution >= 0.6 is 0 Å². The minimum atomic E-state index is 0.653. The topological polar surface area (TPSA) is 111 Å². The second-order valence-electron chi connectivity index (χ2n) is 5.53. The molecule has 1 aromatic rings. The SMILES string of the molecule is NCCN(CCN)Cc1cccc(CN(CCN)CCN)c1. The molecule has 0 aliphatic carbocycles. The maximum atomic E-state index is 5.66. The van der Waals surface area contributed by atoms with Crippen LogP contribution in [0.25, 0.3) is 0 Å². The summed E-state index contributed by atoms with van der Waals surface area (Å²) in [6, 6.07) is 8.66. The highest BCUT2D eigenvalue weighted by Gasteiger charge is 2.07. The summed E-state index contributed by atoms with van der Waals surface area (Å²) in [7, 11) is 0. The van der Waals surface area contributed by atoms with Gasteiger partial charge in [0, 0.05) is 65.4 Å². The summed E-state index contributed by atoms with van der Waals surface area (Å²) in [5.41, 5.74) is 25.2. The van der Waals surface area contributed by atoms with Crippen molar-refractivity contribution in [2.45, 2.75) is 13.1 Å². The lowest BCUT2D eigenvalue weighted by molar-refractivity contribution is 0.276. The van der Waals surface area contributed by atoms with Gasteiger partial charge in [-0.1, -0.05) is 24.3 Å². The van der Waals surface area contributed by atoms with Gasteiger partial charge in [0.15, 0.2) is 0 Å². The van der Waals surface area contributed by atoms with E-state index >= 15 is 0 Å². The third-order valence-corrected chi connectivity index (χ3v) is 3.59.